The lowest BCUT2D eigenvalue weighted by Gasteiger charge is -2.20. The van der Waals surface area contributed by atoms with Crippen LogP contribution in [-0.4, -0.2) is 33.5 Å². The van der Waals surface area contributed by atoms with Gasteiger partial charge in [0.05, 0.1) is 4.90 Å². The van der Waals surface area contributed by atoms with E-state index < -0.39 is 16.1 Å². The average Bonchev–Trinajstić information content (AvgIpc) is 2.46. The summed E-state index contributed by atoms with van der Waals surface area (Å²) in [6, 6.07) is 5.74. The molecule has 1 amide bonds. The molecule has 0 bridgehead atoms. The quantitative estimate of drug-likeness (QED) is 0.568. The molecule has 0 aliphatic heterocycles. The molecule has 138 valence electrons. The first-order chi connectivity index (χ1) is 10.8. The van der Waals surface area contributed by atoms with E-state index in [1.165, 1.54) is 12.1 Å². The SMILES string of the molecule is Cc1ccc(S(=O)(=O)NC(CC(C)C)C(=O)NCCCN)cc1.Cl. The third-order valence-corrected chi connectivity index (χ3v) is 4.82. The average molecular weight is 378 g/mol. The van der Waals surface area contributed by atoms with Crippen molar-refractivity contribution in [2.24, 2.45) is 11.7 Å². The lowest BCUT2D eigenvalue weighted by atomic mass is 10.0. The minimum absolute atomic E-state index is 0. The number of carbonyl (C=O) groups is 1. The van der Waals surface area contributed by atoms with Crippen LogP contribution in [0.5, 0.6) is 0 Å². The number of hydrogen-bond acceptors (Lipinski definition) is 4. The van der Waals surface area contributed by atoms with Gasteiger partial charge in [0.1, 0.15) is 6.04 Å². The number of carbonyl (C=O) groups excluding carboxylic acids is 1. The number of hydrogen-bond donors (Lipinski definition) is 3. The van der Waals surface area contributed by atoms with Gasteiger partial charge in [-0.25, -0.2) is 8.42 Å². The lowest BCUT2D eigenvalue weighted by molar-refractivity contribution is -0.123. The van der Waals surface area contributed by atoms with Crippen LogP contribution < -0.4 is 15.8 Å². The minimum atomic E-state index is -3.73. The van der Waals surface area contributed by atoms with Crippen molar-refractivity contribution in [3.63, 3.8) is 0 Å². The molecule has 0 spiro atoms. The molecule has 1 unspecified atom stereocenters. The largest absolute Gasteiger partial charge is 0.355 e. The van der Waals surface area contributed by atoms with Gasteiger partial charge in [-0.2, -0.15) is 4.72 Å². The van der Waals surface area contributed by atoms with E-state index in [4.69, 9.17) is 5.73 Å². The van der Waals surface area contributed by atoms with E-state index in [0.29, 0.717) is 25.9 Å². The van der Waals surface area contributed by atoms with Crippen LogP contribution in [0, 0.1) is 12.8 Å². The molecular formula is C16H28ClN3O3S. The van der Waals surface area contributed by atoms with Crippen molar-refractivity contribution in [2.45, 2.75) is 44.6 Å². The first-order valence-corrected chi connectivity index (χ1v) is 9.31. The molecule has 4 N–H and O–H groups in total. The smallest absolute Gasteiger partial charge is 0.241 e. The fourth-order valence-corrected chi connectivity index (χ4v) is 3.30. The van der Waals surface area contributed by atoms with Gasteiger partial charge in [-0.1, -0.05) is 31.5 Å². The van der Waals surface area contributed by atoms with Crippen LogP contribution in [0.1, 0.15) is 32.3 Å². The molecule has 0 aromatic heterocycles. The third-order valence-electron chi connectivity index (χ3n) is 3.33. The standard InChI is InChI=1S/C16H27N3O3S.ClH/c1-12(2)11-15(16(20)18-10-4-9-17)19-23(21,22)14-7-5-13(3)6-8-14;/h5-8,12,15,19H,4,9-11,17H2,1-3H3,(H,18,20);1H. The molecule has 0 radical (unpaired) electrons. The molecule has 1 atom stereocenters. The summed E-state index contributed by atoms with van der Waals surface area (Å²) in [5, 5.41) is 2.73. The van der Waals surface area contributed by atoms with Crippen molar-refractivity contribution >= 4 is 28.3 Å². The first-order valence-electron chi connectivity index (χ1n) is 7.83. The number of amides is 1. The Morgan fingerprint density at radius 2 is 1.79 bits per heavy atom. The van der Waals surface area contributed by atoms with Gasteiger partial charge in [0, 0.05) is 6.54 Å². The zero-order valence-corrected chi connectivity index (χ0v) is 16.0. The van der Waals surface area contributed by atoms with Crippen LogP contribution >= 0.6 is 12.4 Å². The summed E-state index contributed by atoms with van der Waals surface area (Å²) in [5.74, 6) is -0.135. The highest BCUT2D eigenvalue weighted by atomic mass is 35.5. The Morgan fingerprint density at radius 3 is 2.29 bits per heavy atom. The van der Waals surface area contributed by atoms with Crippen LogP contribution in [-0.2, 0) is 14.8 Å². The predicted octanol–water partition coefficient (Wildman–Crippen LogP) is 1.57. The number of sulfonamides is 1. The third kappa shape index (κ3) is 7.61. The van der Waals surface area contributed by atoms with Crippen molar-refractivity contribution in [1.82, 2.24) is 10.0 Å². The highest BCUT2D eigenvalue weighted by Crippen LogP contribution is 2.13. The second kappa shape index (κ2) is 10.7. The normalized spacial score (nSPS) is 12.5. The molecule has 1 aromatic rings. The van der Waals surface area contributed by atoms with E-state index >= 15 is 0 Å². The number of nitrogens with two attached hydrogens (primary N) is 1. The topological polar surface area (TPSA) is 101 Å². The molecule has 8 heteroatoms. The number of halogens is 1. The number of benzene rings is 1. The fraction of sp³-hybridized carbons (Fsp3) is 0.562. The Kier molecular flexibility index (Phi) is 10.1. The van der Waals surface area contributed by atoms with Crippen LogP contribution in [0.25, 0.3) is 0 Å². The van der Waals surface area contributed by atoms with Gasteiger partial charge >= 0.3 is 0 Å². The van der Waals surface area contributed by atoms with Gasteiger partial charge < -0.3 is 11.1 Å². The van der Waals surface area contributed by atoms with Crippen molar-refractivity contribution in [3.8, 4) is 0 Å². The Bertz CT molecular complexity index is 603. The highest BCUT2D eigenvalue weighted by molar-refractivity contribution is 7.89. The summed E-state index contributed by atoms with van der Waals surface area (Å²) in [7, 11) is -3.73. The Balaban J connectivity index is 0.00000529. The van der Waals surface area contributed by atoms with E-state index in [2.05, 4.69) is 10.0 Å². The summed E-state index contributed by atoms with van der Waals surface area (Å²) >= 11 is 0. The van der Waals surface area contributed by atoms with Crippen LogP contribution in [0.2, 0.25) is 0 Å². The monoisotopic (exact) mass is 377 g/mol. The van der Waals surface area contributed by atoms with Gasteiger partial charge in [-0.05, 0) is 44.4 Å². The van der Waals surface area contributed by atoms with Gasteiger partial charge in [0.2, 0.25) is 15.9 Å². The molecule has 0 fully saturated rings. The highest BCUT2D eigenvalue weighted by Gasteiger charge is 2.26. The molecule has 6 nitrogen and oxygen atoms in total. The number of aryl methyl sites for hydroxylation is 1. The minimum Gasteiger partial charge on any atom is -0.355 e. The van der Waals surface area contributed by atoms with Gasteiger partial charge in [-0.3, -0.25) is 4.79 Å². The van der Waals surface area contributed by atoms with Crippen molar-refractivity contribution in [3.05, 3.63) is 29.8 Å². The first kappa shape index (κ1) is 22.9. The molecule has 1 aromatic carbocycles. The van der Waals surface area contributed by atoms with Crippen molar-refractivity contribution in [1.29, 1.82) is 0 Å². The van der Waals surface area contributed by atoms with E-state index in [1.807, 2.05) is 20.8 Å². The molecular weight excluding hydrogens is 350 g/mol. The van der Waals surface area contributed by atoms with E-state index in [1.54, 1.807) is 12.1 Å². The second-order valence-corrected chi connectivity index (χ2v) is 7.76. The number of nitrogens with one attached hydrogen (secondary N) is 2. The van der Waals surface area contributed by atoms with Crippen molar-refractivity contribution < 1.29 is 13.2 Å². The van der Waals surface area contributed by atoms with Gasteiger partial charge in [0.25, 0.3) is 0 Å². The maximum Gasteiger partial charge on any atom is 0.241 e. The molecule has 0 aliphatic carbocycles. The molecule has 0 aliphatic rings. The second-order valence-electron chi connectivity index (χ2n) is 6.05. The van der Waals surface area contributed by atoms with Crippen molar-refractivity contribution in [2.75, 3.05) is 13.1 Å². The summed E-state index contributed by atoms with van der Waals surface area (Å²) in [6.45, 7) is 6.69. The zero-order chi connectivity index (χ0) is 17.5. The van der Waals surface area contributed by atoms with Crippen LogP contribution in [0.15, 0.2) is 29.2 Å². The lowest BCUT2D eigenvalue weighted by Crippen LogP contribution is -2.47. The maximum atomic E-state index is 12.5. The zero-order valence-electron chi connectivity index (χ0n) is 14.4. The Hall–Kier alpha value is -1.15. The van der Waals surface area contributed by atoms with Crippen LogP contribution in [0.3, 0.4) is 0 Å². The Morgan fingerprint density at radius 1 is 1.21 bits per heavy atom. The van der Waals surface area contributed by atoms with E-state index in [0.717, 1.165) is 5.56 Å². The Labute approximate surface area is 151 Å². The van der Waals surface area contributed by atoms with E-state index in [9.17, 15) is 13.2 Å². The molecule has 0 heterocycles. The summed E-state index contributed by atoms with van der Waals surface area (Å²) in [6.07, 6.45) is 1.09. The van der Waals surface area contributed by atoms with E-state index in [-0.39, 0.29) is 29.1 Å². The fourth-order valence-electron chi connectivity index (χ4n) is 2.09. The van der Waals surface area contributed by atoms with Crippen LogP contribution in [0.4, 0.5) is 0 Å². The molecule has 0 saturated carbocycles. The summed E-state index contributed by atoms with van der Waals surface area (Å²) in [5.41, 5.74) is 6.37. The maximum absolute atomic E-state index is 12.5. The summed E-state index contributed by atoms with van der Waals surface area (Å²) < 4.78 is 27.4. The predicted molar refractivity (Wildman–Crippen MR) is 98.7 cm³/mol. The van der Waals surface area contributed by atoms with Gasteiger partial charge in [-0.15, -0.1) is 12.4 Å². The summed E-state index contributed by atoms with van der Waals surface area (Å²) in [4.78, 5) is 12.4. The molecule has 1 rings (SSSR count). The number of rotatable bonds is 9. The van der Waals surface area contributed by atoms with Gasteiger partial charge in [0.15, 0.2) is 0 Å². The molecule has 24 heavy (non-hydrogen) atoms. The molecule has 0 saturated heterocycles.